The summed E-state index contributed by atoms with van der Waals surface area (Å²) in [5, 5.41) is 4.62. The monoisotopic (exact) mass is 266 g/mol. The van der Waals surface area contributed by atoms with Gasteiger partial charge >= 0.3 is 0 Å². The Hall–Kier alpha value is -1.59. The van der Waals surface area contributed by atoms with Crippen LogP contribution in [0.3, 0.4) is 0 Å². The maximum absolute atomic E-state index is 6.05. The zero-order valence-corrected chi connectivity index (χ0v) is 11.1. The minimum atomic E-state index is -0.107. The highest BCUT2D eigenvalue weighted by Crippen LogP contribution is 2.27. The van der Waals surface area contributed by atoms with Gasteiger partial charge in [-0.2, -0.15) is 5.10 Å². The molecule has 2 heterocycles. The molecule has 5 nitrogen and oxygen atoms in total. The highest BCUT2D eigenvalue weighted by molar-refractivity contribution is 6.32. The van der Waals surface area contributed by atoms with E-state index in [1.807, 2.05) is 26.1 Å². The Balaban J connectivity index is 2.29. The molecule has 0 radical (unpaired) electrons. The van der Waals surface area contributed by atoms with Crippen molar-refractivity contribution >= 4 is 17.4 Å². The van der Waals surface area contributed by atoms with E-state index in [1.54, 1.807) is 16.9 Å². The van der Waals surface area contributed by atoms with Gasteiger partial charge in [-0.05, 0) is 26.0 Å². The largest absolute Gasteiger partial charge is 0.384 e. The number of nitrogen functional groups attached to an aromatic ring is 1. The molecule has 0 saturated heterocycles. The van der Waals surface area contributed by atoms with Crippen LogP contribution in [0.2, 0.25) is 5.15 Å². The first-order chi connectivity index (χ1) is 8.61. The summed E-state index contributed by atoms with van der Waals surface area (Å²) in [6, 6.07) is 3.54. The average molecular weight is 267 g/mol. The van der Waals surface area contributed by atoms with Gasteiger partial charge in [0.15, 0.2) is 0 Å². The highest BCUT2D eigenvalue weighted by atomic mass is 35.5. The van der Waals surface area contributed by atoms with Crippen LogP contribution in [0.1, 0.15) is 20.1 Å². The fourth-order valence-corrected chi connectivity index (χ4v) is 1.93. The summed E-state index contributed by atoms with van der Waals surface area (Å²) in [4.78, 5) is 4.02. The molecule has 2 aromatic heterocycles. The molecule has 0 fully saturated rings. The number of hydrogen-bond acceptors (Lipinski definition) is 4. The van der Waals surface area contributed by atoms with Gasteiger partial charge in [0.25, 0.3) is 0 Å². The second-order valence-electron chi connectivity index (χ2n) is 3.84. The number of aromatic nitrogens is 3. The van der Waals surface area contributed by atoms with Gasteiger partial charge in [0, 0.05) is 23.9 Å². The van der Waals surface area contributed by atoms with Crippen LogP contribution in [0, 0.1) is 0 Å². The van der Waals surface area contributed by atoms with Crippen molar-refractivity contribution in [1.82, 2.24) is 14.8 Å². The third kappa shape index (κ3) is 2.63. The smallest absolute Gasteiger partial charge is 0.147 e. The van der Waals surface area contributed by atoms with Gasteiger partial charge in [0.2, 0.25) is 0 Å². The second kappa shape index (κ2) is 5.37. The first kappa shape index (κ1) is 12.9. The first-order valence-corrected chi connectivity index (χ1v) is 6.07. The lowest BCUT2D eigenvalue weighted by molar-refractivity contribution is 0.0160. The molecule has 0 aliphatic heterocycles. The fourth-order valence-electron chi connectivity index (χ4n) is 1.66. The summed E-state index contributed by atoms with van der Waals surface area (Å²) >= 11 is 6.05. The van der Waals surface area contributed by atoms with Crippen molar-refractivity contribution in [2.24, 2.45) is 0 Å². The summed E-state index contributed by atoms with van der Waals surface area (Å²) in [6.07, 6.45) is 3.50. The minimum Gasteiger partial charge on any atom is -0.384 e. The maximum Gasteiger partial charge on any atom is 0.147 e. The minimum absolute atomic E-state index is 0.107. The number of rotatable bonds is 4. The van der Waals surface area contributed by atoms with Gasteiger partial charge in [-0.15, -0.1) is 0 Å². The van der Waals surface area contributed by atoms with Crippen LogP contribution in [-0.2, 0) is 4.74 Å². The van der Waals surface area contributed by atoms with Crippen LogP contribution in [0.25, 0.3) is 11.1 Å². The van der Waals surface area contributed by atoms with Crippen molar-refractivity contribution in [2.75, 3.05) is 12.3 Å². The molecule has 1 unspecified atom stereocenters. The lowest BCUT2D eigenvalue weighted by Crippen LogP contribution is -2.09. The average Bonchev–Trinajstić information content (AvgIpc) is 2.78. The van der Waals surface area contributed by atoms with Crippen molar-refractivity contribution in [1.29, 1.82) is 0 Å². The summed E-state index contributed by atoms with van der Waals surface area (Å²) in [5.41, 5.74) is 7.26. The summed E-state index contributed by atoms with van der Waals surface area (Å²) in [5.74, 6) is 0.402. The van der Waals surface area contributed by atoms with Crippen molar-refractivity contribution in [3.63, 3.8) is 0 Å². The fraction of sp³-hybridized carbons (Fsp3) is 0.333. The third-order valence-corrected chi connectivity index (χ3v) is 2.85. The van der Waals surface area contributed by atoms with E-state index >= 15 is 0 Å². The molecule has 2 N–H and O–H groups in total. The number of nitrogens with zero attached hydrogens (tertiary/aromatic N) is 3. The second-order valence-corrected chi connectivity index (χ2v) is 4.20. The molecule has 0 saturated carbocycles. The quantitative estimate of drug-likeness (QED) is 0.864. The Morgan fingerprint density at radius 2 is 2.28 bits per heavy atom. The van der Waals surface area contributed by atoms with Gasteiger partial charge in [-0.3, -0.25) is 0 Å². The van der Waals surface area contributed by atoms with E-state index in [-0.39, 0.29) is 6.23 Å². The summed E-state index contributed by atoms with van der Waals surface area (Å²) in [7, 11) is 0. The molecular weight excluding hydrogens is 252 g/mol. The van der Waals surface area contributed by atoms with Gasteiger partial charge < -0.3 is 10.5 Å². The van der Waals surface area contributed by atoms with Crippen molar-refractivity contribution < 1.29 is 4.74 Å². The molecule has 1 atom stereocenters. The Kier molecular flexibility index (Phi) is 3.84. The van der Waals surface area contributed by atoms with Crippen molar-refractivity contribution in [3.8, 4) is 11.1 Å². The van der Waals surface area contributed by atoms with Gasteiger partial charge in [0.1, 0.15) is 17.2 Å². The van der Waals surface area contributed by atoms with E-state index in [0.717, 1.165) is 11.1 Å². The molecule has 0 aromatic carbocycles. The third-order valence-electron chi connectivity index (χ3n) is 2.56. The Morgan fingerprint density at radius 1 is 1.50 bits per heavy atom. The molecule has 0 spiro atoms. The Labute approximate surface area is 111 Å². The van der Waals surface area contributed by atoms with Gasteiger partial charge in [-0.1, -0.05) is 11.6 Å². The van der Waals surface area contributed by atoms with Crippen LogP contribution < -0.4 is 5.73 Å². The predicted molar refractivity (Wildman–Crippen MR) is 71.2 cm³/mol. The number of pyridine rings is 1. The maximum atomic E-state index is 6.05. The molecule has 0 bridgehead atoms. The summed E-state index contributed by atoms with van der Waals surface area (Å²) < 4.78 is 7.20. The van der Waals surface area contributed by atoms with E-state index in [4.69, 9.17) is 22.1 Å². The van der Waals surface area contributed by atoms with Crippen molar-refractivity contribution in [3.05, 3.63) is 29.7 Å². The van der Waals surface area contributed by atoms with Crippen LogP contribution in [-0.4, -0.2) is 21.4 Å². The zero-order chi connectivity index (χ0) is 13.1. The van der Waals surface area contributed by atoms with E-state index < -0.39 is 0 Å². The molecule has 96 valence electrons. The predicted octanol–water partition coefficient (Wildman–Crippen LogP) is 2.74. The lowest BCUT2D eigenvalue weighted by Gasteiger charge is -2.11. The standard InChI is InChI=1S/C12H15ClN4O/c1-3-18-8(2)17-7-9(6-15-17)10-4-5-11(14)16-12(10)13/h4-8H,3H2,1-2H3,(H2,14,16). The summed E-state index contributed by atoms with van der Waals surface area (Å²) in [6.45, 7) is 4.52. The van der Waals surface area contributed by atoms with Gasteiger partial charge in [-0.25, -0.2) is 9.67 Å². The first-order valence-electron chi connectivity index (χ1n) is 5.70. The number of halogens is 1. The van der Waals surface area contributed by atoms with Crippen LogP contribution >= 0.6 is 11.6 Å². The topological polar surface area (TPSA) is 66.0 Å². The van der Waals surface area contributed by atoms with Crippen molar-refractivity contribution in [2.45, 2.75) is 20.1 Å². The highest BCUT2D eigenvalue weighted by Gasteiger charge is 2.10. The number of anilines is 1. The van der Waals surface area contributed by atoms with Crippen LogP contribution in [0.5, 0.6) is 0 Å². The molecule has 0 amide bonds. The molecule has 2 aromatic rings. The number of ether oxygens (including phenoxy) is 1. The number of nitrogens with two attached hydrogens (primary N) is 1. The molecule has 0 aliphatic carbocycles. The molecule has 6 heteroatoms. The van der Waals surface area contributed by atoms with Crippen LogP contribution in [0.4, 0.5) is 5.82 Å². The van der Waals surface area contributed by atoms with Crippen LogP contribution in [0.15, 0.2) is 24.5 Å². The van der Waals surface area contributed by atoms with E-state index in [2.05, 4.69) is 10.1 Å². The van der Waals surface area contributed by atoms with E-state index in [9.17, 15) is 0 Å². The van der Waals surface area contributed by atoms with E-state index in [1.165, 1.54) is 0 Å². The Bertz CT molecular complexity index is 541. The zero-order valence-electron chi connectivity index (χ0n) is 10.3. The SMILES string of the molecule is CCOC(C)n1cc(-c2ccc(N)nc2Cl)cn1. The van der Waals surface area contributed by atoms with E-state index in [0.29, 0.717) is 17.6 Å². The molecular formula is C12H15ClN4O. The molecule has 2 rings (SSSR count). The van der Waals surface area contributed by atoms with Gasteiger partial charge in [0.05, 0.1) is 6.20 Å². The normalized spacial score (nSPS) is 12.6. The molecule has 18 heavy (non-hydrogen) atoms. The molecule has 0 aliphatic rings. The lowest BCUT2D eigenvalue weighted by atomic mass is 10.2. The Morgan fingerprint density at radius 3 is 2.94 bits per heavy atom. The number of hydrogen-bond donors (Lipinski definition) is 1.